The summed E-state index contributed by atoms with van der Waals surface area (Å²) in [6.45, 7) is 6.23. The maximum Gasteiger partial charge on any atom is 0.234 e. The minimum absolute atomic E-state index is 0.111. The Morgan fingerprint density at radius 2 is 2.22 bits per heavy atom. The fraction of sp³-hybridized carbons (Fsp3) is 0.167. The number of hydrogen-bond donors (Lipinski definition) is 1. The first-order chi connectivity index (χ1) is 13.1. The Labute approximate surface area is 169 Å². The van der Waals surface area contributed by atoms with E-state index in [1.54, 1.807) is 24.7 Å². The number of thioether (sulfide) groups is 1. The highest BCUT2D eigenvalue weighted by Gasteiger charge is 2.16. The summed E-state index contributed by atoms with van der Waals surface area (Å²) in [6.07, 6.45) is 6.57. The second-order valence-corrected chi connectivity index (χ2v) is 7.45. The fourth-order valence-corrected chi connectivity index (χ4v) is 3.60. The van der Waals surface area contributed by atoms with Gasteiger partial charge in [0.15, 0.2) is 11.0 Å². The molecule has 1 aromatic carbocycles. The molecule has 0 atom stereocenters. The normalized spacial score (nSPS) is 10.6. The lowest BCUT2D eigenvalue weighted by Gasteiger charge is -2.09. The fourth-order valence-electron chi connectivity index (χ4n) is 2.38. The second-order valence-electron chi connectivity index (χ2n) is 5.59. The van der Waals surface area contributed by atoms with Gasteiger partial charge in [-0.1, -0.05) is 33.8 Å². The van der Waals surface area contributed by atoms with Crippen LogP contribution < -0.4 is 5.32 Å². The van der Waals surface area contributed by atoms with Crippen LogP contribution in [0.4, 0.5) is 5.69 Å². The van der Waals surface area contributed by atoms with E-state index in [0.717, 1.165) is 15.7 Å². The van der Waals surface area contributed by atoms with Gasteiger partial charge in [0.25, 0.3) is 0 Å². The van der Waals surface area contributed by atoms with Crippen molar-refractivity contribution >= 4 is 39.3 Å². The quantitative estimate of drug-likeness (QED) is 0.441. The van der Waals surface area contributed by atoms with Gasteiger partial charge in [0.1, 0.15) is 5.69 Å². The summed E-state index contributed by atoms with van der Waals surface area (Å²) in [5.41, 5.74) is 2.40. The number of halogens is 1. The second kappa shape index (κ2) is 8.92. The van der Waals surface area contributed by atoms with Crippen LogP contribution in [0, 0.1) is 6.92 Å². The Morgan fingerprint density at radius 1 is 1.37 bits per heavy atom. The highest BCUT2D eigenvalue weighted by Crippen LogP contribution is 2.24. The van der Waals surface area contributed by atoms with Gasteiger partial charge in [-0.3, -0.25) is 14.3 Å². The molecule has 0 radical (unpaired) electrons. The van der Waals surface area contributed by atoms with Crippen LogP contribution in [0.15, 0.2) is 59.1 Å². The minimum atomic E-state index is -0.111. The number of aryl methyl sites for hydroxylation is 1. The van der Waals surface area contributed by atoms with Gasteiger partial charge in [0, 0.05) is 29.1 Å². The molecular weight excluding hydrogens is 428 g/mol. The van der Waals surface area contributed by atoms with E-state index in [0.29, 0.717) is 23.2 Å². The first-order valence-corrected chi connectivity index (χ1v) is 9.85. The van der Waals surface area contributed by atoms with Crippen molar-refractivity contribution in [3.8, 4) is 11.5 Å². The summed E-state index contributed by atoms with van der Waals surface area (Å²) in [7, 11) is 0. The molecule has 0 saturated carbocycles. The van der Waals surface area contributed by atoms with Gasteiger partial charge in [0.05, 0.1) is 11.9 Å². The SMILES string of the molecule is C=CCn1c(SCC(=O)Nc2ccc(Br)cc2C)nnc1-c1cnccn1. The number of anilines is 1. The molecule has 1 amide bonds. The monoisotopic (exact) mass is 444 g/mol. The van der Waals surface area contributed by atoms with Gasteiger partial charge >= 0.3 is 0 Å². The van der Waals surface area contributed by atoms with Crippen molar-refractivity contribution in [3.63, 3.8) is 0 Å². The zero-order valence-corrected chi connectivity index (χ0v) is 17.0. The molecule has 27 heavy (non-hydrogen) atoms. The lowest BCUT2D eigenvalue weighted by atomic mass is 10.2. The summed E-state index contributed by atoms with van der Waals surface area (Å²) in [4.78, 5) is 20.6. The first-order valence-electron chi connectivity index (χ1n) is 8.07. The number of amides is 1. The number of carbonyl (C=O) groups is 1. The number of nitrogens with zero attached hydrogens (tertiary/aromatic N) is 5. The zero-order chi connectivity index (χ0) is 19.2. The van der Waals surface area contributed by atoms with Crippen LogP contribution in [0.1, 0.15) is 5.56 Å². The molecule has 2 aromatic heterocycles. The van der Waals surface area contributed by atoms with Crippen molar-refractivity contribution in [1.29, 1.82) is 0 Å². The van der Waals surface area contributed by atoms with Crippen molar-refractivity contribution in [1.82, 2.24) is 24.7 Å². The van der Waals surface area contributed by atoms with E-state index in [4.69, 9.17) is 0 Å². The van der Waals surface area contributed by atoms with Gasteiger partial charge in [-0.05, 0) is 30.7 Å². The summed E-state index contributed by atoms with van der Waals surface area (Å²) in [6, 6.07) is 5.72. The Bertz CT molecular complexity index is 960. The zero-order valence-electron chi connectivity index (χ0n) is 14.6. The molecule has 0 aliphatic heterocycles. The van der Waals surface area contributed by atoms with E-state index < -0.39 is 0 Å². The molecule has 0 fully saturated rings. The number of nitrogens with one attached hydrogen (secondary N) is 1. The van der Waals surface area contributed by atoms with E-state index in [1.807, 2.05) is 29.7 Å². The molecule has 3 rings (SSSR count). The lowest BCUT2D eigenvalue weighted by Crippen LogP contribution is -2.15. The molecule has 0 saturated heterocycles. The first kappa shape index (κ1) is 19.2. The summed E-state index contributed by atoms with van der Waals surface area (Å²) < 4.78 is 2.83. The van der Waals surface area contributed by atoms with Crippen molar-refractivity contribution in [2.75, 3.05) is 11.1 Å². The molecule has 9 heteroatoms. The number of aromatic nitrogens is 5. The van der Waals surface area contributed by atoms with Crippen LogP contribution >= 0.6 is 27.7 Å². The van der Waals surface area contributed by atoms with E-state index in [2.05, 4.69) is 48.0 Å². The molecular formula is C18H17BrN6OS. The molecule has 138 valence electrons. The Hall–Kier alpha value is -2.52. The number of rotatable bonds is 7. The Balaban J connectivity index is 1.71. The molecule has 2 heterocycles. The number of hydrogen-bond acceptors (Lipinski definition) is 6. The van der Waals surface area contributed by atoms with Crippen molar-refractivity contribution in [2.45, 2.75) is 18.6 Å². The van der Waals surface area contributed by atoms with E-state index in [9.17, 15) is 4.79 Å². The largest absolute Gasteiger partial charge is 0.325 e. The van der Waals surface area contributed by atoms with Gasteiger partial charge in [-0.25, -0.2) is 4.98 Å². The summed E-state index contributed by atoms with van der Waals surface area (Å²) in [5.74, 6) is 0.694. The topological polar surface area (TPSA) is 85.6 Å². The van der Waals surface area contributed by atoms with Gasteiger partial charge in [-0.15, -0.1) is 16.8 Å². The summed E-state index contributed by atoms with van der Waals surface area (Å²) in [5, 5.41) is 11.9. The highest BCUT2D eigenvalue weighted by molar-refractivity contribution is 9.10. The van der Waals surface area contributed by atoms with Gasteiger partial charge < -0.3 is 5.32 Å². The number of allylic oxidation sites excluding steroid dienone is 1. The van der Waals surface area contributed by atoms with Crippen LogP contribution in [0.3, 0.4) is 0 Å². The molecule has 7 nitrogen and oxygen atoms in total. The predicted octanol–water partition coefficient (Wildman–Crippen LogP) is 3.72. The van der Waals surface area contributed by atoms with Crippen LogP contribution in [-0.2, 0) is 11.3 Å². The average Bonchev–Trinajstić information content (AvgIpc) is 3.06. The third-order valence-corrected chi connectivity index (χ3v) is 5.08. The molecule has 0 aliphatic carbocycles. The van der Waals surface area contributed by atoms with Gasteiger partial charge in [-0.2, -0.15) is 0 Å². The van der Waals surface area contributed by atoms with Crippen LogP contribution in [0.2, 0.25) is 0 Å². The maximum absolute atomic E-state index is 12.3. The van der Waals surface area contributed by atoms with Crippen LogP contribution in [0.5, 0.6) is 0 Å². The third kappa shape index (κ3) is 4.81. The Morgan fingerprint density at radius 3 is 2.93 bits per heavy atom. The smallest absolute Gasteiger partial charge is 0.234 e. The van der Waals surface area contributed by atoms with Crippen LogP contribution in [0.25, 0.3) is 11.5 Å². The maximum atomic E-state index is 12.3. The predicted molar refractivity (Wildman–Crippen MR) is 109 cm³/mol. The number of carbonyl (C=O) groups excluding carboxylic acids is 1. The summed E-state index contributed by atoms with van der Waals surface area (Å²) >= 11 is 4.73. The van der Waals surface area contributed by atoms with Crippen LogP contribution in [-0.4, -0.2) is 36.4 Å². The van der Waals surface area contributed by atoms with E-state index >= 15 is 0 Å². The molecule has 0 bridgehead atoms. The average molecular weight is 445 g/mol. The molecule has 0 aliphatic rings. The third-order valence-electron chi connectivity index (χ3n) is 3.62. The molecule has 1 N–H and O–H groups in total. The Kier molecular flexibility index (Phi) is 6.36. The van der Waals surface area contributed by atoms with E-state index in [1.165, 1.54) is 11.8 Å². The molecule has 0 spiro atoms. The van der Waals surface area contributed by atoms with Gasteiger partial charge in [0.2, 0.25) is 5.91 Å². The number of benzene rings is 1. The highest BCUT2D eigenvalue weighted by atomic mass is 79.9. The van der Waals surface area contributed by atoms with Crippen molar-refractivity contribution in [2.24, 2.45) is 0 Å². The minimum Gasteiger partial charge on any atom is -0.325 e. The molecule has 0 unspecified atom stereocenters. The lowest BCUT2D eigenvalue weighted by molar-refractivity contribution is -0.113. The molecule has 3 aromatic rings. The standard InChI is InChI=1S/C18H17BrN6OS/c1-3-8-25-17(15-10-20-6-7-21-15)23-24-18(25)27-11-16(26)22-14-5-4-13(19)9-12(14)2/h3-7,9-10H,1,8,11H2,2H3,(H,22,26). The van der Waals surface area contributed by atoms with Crippen molar-refractivity contribution < 1.29 is 4.79 Å². The van der Waals surface area contributed by atoms with E-state index in [-0.39, 0.29) is 11.7 Å². The van der Waals surface area contributed by atoms with Crippen molar-refractivity contribution in [3.05, 3.63) is 59.5 Å².